The van der Waals surface area contributed by atoms with Gasteiger partial charge in [-0.05, 0) is 60.9 Å². The van der Waals surface area contributed by atoms with Crippen LogP contribution in [0.3, 0.4) is 0 Å². The Morgan fingerprint density at radius 2 is 1.74 bits per heavy atom. The molecule has 0 spiro atoms. The number of methoxy groups -OCH3 is 1. The summed E-state index contributed by atoms with van der Waals surface area (Å²) in [7, 11) is 1.65. The minimum absolute atomic E-state index is 0.0798. The number of anilines is 1. The fourth-order valence-electron chi connectivity index (χ4n) is 2.96. The van der Waals surface area contributed by atoms with Crippen LogP contribution in [-0.4, -0.2) is 31.2 Å². The molecule has 0 saturated carbocycles. The molecule has 3 rings (SSSR count). The first-order valence-electron chi connectivity index (χ1n) is 10.5. The number of benzene rings is 2. The number of ether oxygens (including phenoxy) is 2. The van der Waals surface area contributed by atoms with Gasteiger partial charge in [-0.1, -0.05) is 26.0 Å². The molecule has 0 saturated heterocycles. The van der Waals surface area contributed by atoms with Gasteiger partial charge in [-0.2, -0.15) is 0 Å². The molecule has 162 valence electrons. The van der Waals surface area contributed by atoms with E-state index in [1.807, 2.05) is 60.0 Å². The number of thiazole rings is 1. The van der Waals surface area contributed by atoms with Gasteiger partial charge in [0, 0.05) is 23.6 Å². The van der Waals surface area contributed by atoms with E-state index in [1.165, 1.54) is 11.3 Å². The molecule has 3 aromatic rings. The highest BCUT2D eigenvalue weighted by Crippen LogP contribution is 2.29. The zero-order valence-corrected chi connectivity index (χ0v) is 19.0. The Bertz CT molecular complexity index is 994. The molecule has 0 bridgehead atoms. The fraction of sp³-hybridized carbons (Fsp3) is 0.280. The minimum Gasteiger partial charge on any atom is -0.497 e. The molecule has 1 heterocycles. The van der Waals surface area contributed by atoms with Crippen LogP contribution in [0.1, 0.15) is 32.3 Å². The standard InChI is InChI=1S/C25H28N2O3S/c1-4-16-27(24(28)15-8-19-6-11-22(12-7-19)30-17-5-2)25-26-23(18-31-25)20-9-13-21(29-3)14-10-20/h6-15,18H,4-5,16-17H2,1-3H3/b15-8-. The van der Waals surface area contributed by atoms with Gasteiger partial charge in [0.1, 0.15) is 11.5 Å². The van der Waals surface area contributed by atoms with Crippen molar-refractivity contribution in [2.45, 2.75) is 26.7 Å². The summed E-state index contributed by atoms with van der Waals surface area (Å²) in [5, 5.41) is 2.68. The summed E-state index contributed by atoms with van der Waals surface area (Å²) >= 11 is 1.47. The quantitative estimate of drug-likeness (QED) is 0.362. The lowest BCUT2D eigenvalue weighted by molar-refractivity contribution is -0.114. The van der Waals surface area contributed by atoms with Gasteiger partial charge >= 0.3 is 0 Å². The van der Waals surface area contributed by atoms with Gasteiger partial charge in [-0.3, -0.25) is 9.69 Å². The molecule has 2 aromatic carbocycles. The summed E-state index contributed by atoms with van der Waals surface area (Å²) < 4.78 is 10.8. The van der Waals surface area contributed by atoms with Crippen LogP contribution in [0.2, 0.25) is 0 Å². The topological polar surface area (TPSA) is 51.7 Å². The zero-order chi connectivity index (χ0) is 22.1. The number of carbonyl (C=O) groups is 1. The number of nitrogens with zero attached hydrogens (tertiary/aromatic N) is 2. The molecule has 1 amide bonds. The molecular weight excluding hydrogens is 408 g/mol. The van der Waals surface area contributed by atoms with Gasteiger partial charge in [0.2, 0.25) is 0 Å². The summed E-state index contributed by atoms with van der Waals surface area (Å²) in [5.74, 6) is 1.56. The molecular formula is C25H28N2O3S. The first kappa shape index (κ1) is 22.6. The number of aromatic nitrogens is 1. The first-order chi connectivity index (χ1) is 15.1. The lowest BCUT2D eigenvalue weighted by Gasteiger charge is -2.17. The van der Waals surface area contributed by atoms with Crippen LogP contribution in [0.15, 0.2) is 60.0 Å². The van der Waals surface area contributed by atoms with E-state index in [-0.39, 0.29) is 5.91 Å². The molecule has 0 fully saturated rings. The Balaban J connectivity index is 1.71. The van der Waals surface area contributed by atoms with E-state index in [1.54, 1.807) is 18.1 Å². The molecule has 5 nitrogen and oxygen atoms in total. The Labute approximate surface area is 188 Å². The predicted molar refractivity (Wildman–Crippen MR) is 128 cm³/mol. The van der Waals surface area contributed by atoms with E-state index in [4.69, 9.17) is 14.5 Å². The summed E-state index contributed by atoms with van der Waals surface area (Å²) in [6.45, 7) is 5.44. The largest absolute Gasteiger partial charge is 0.497 e. The molecule has 0 aliphatic carbocycles. The number of rotatable bonds is 10. The van der Waals surface area contributed by atoms with Crippen molar-refractivity contribution in [2.75, 3.05) is 25.2 Å². The monoisotopic (exact) mass is 436 g/mol. The van der Waals surface area contributed by atoms with Crippen LogP contribution < -0.4 is 14.4 Å². The van der Waals surface area contributed by atoms with Gasteiger partial charge in [0.25, 0.3) is 5.91 Å². The van der Waals surface area contributed by atoms with E-state index in [0.717, 1.165) is 41.2 Å². The Morgan fingerprint density at radius 3 is 2.39 bits per heavy atom. The van der Waals surface area contributed by atoms with Crippen LogP contribution in [0.25, 0.3) is 17.3 Å². The lowest BCUT2D eigenvalue weighted by Crippen LogP contribution is -2.29. The molecule has 6 heteroatoms. The van der Waals surface area contributed by atoms with E-state index < -0.39 is 0 Å². The minimum atomic E-state index is -0.0798. The third kappa shape index (κ3) is 6.18. The van der Waals surface area contributed by atoms with Crippen LogP contribution in [-0.2, 0) is 4.79 Å². The van der Waals surface area contributed by atoms with Crippen molar-refractivity contribution in [2.24, 2.45) is 0 Å². The number of carbonyl (C=O) groups excluding carboxylic acids is 1. The van der Waals surface area contributed by atoms with E-state index in [9.17, 15) is 4.79 Å². The second-order valence-electron chi connectivity index (χ2n) is 6.98. The SMILES string of the molecule is CCCOc1ccc(/C=C\C(=O)N(CCC)c2nc(-c3ccc(OC)cc3)cs2)cc1. The van der Waals surface area contributed by atoms with Crippen molar-refractivity contribution in [1.29, 1.82) is 0 Å². The fourth-order valence-corrected chi connectivity index (χ4v) is 3.82. The average Bonchev–Trinajstić information content (AvgIpc) is 3.30. The Hall–Kier alpha value is -3.12. The maximum atomic E-state index is 12.9. The van der Waals surface area contributed by atoms with Crippen molar-refractivity contribution in [3.8, 4) is 22.8 Å². The van der Waals surface area contributed by atoms with Gasteiger partial charge in [-0.25, -0.2) is 4.98 Å². The molecule has 0 unspecified atom stereocenters. The molecule has 0 aliphatic rings. The average molecular weight is 437 g/mol. The number of hydrogen-bond acceptors (Lipinski definition) is 5. The summed E-state index contributed by atoms with van der Waals surface area (Å²) in [4.78, 5) is 19.3. The second-order valence-corrected chi connectivity index (χ2v) is 7.82. The third-order valence-corrected chi connectivity index (χ3v) is 5.46. The summed E-state index contributed by atoms with van der Waals surface area (Å²) in [5.41, 5.74) is 2.79. The summed E-state index contributed by atoms with van der Waals surface area (Å²) in [6, 6.07) is 15.5. The van der Waals surface area contributed by atoms with Crippen molar-refractivity contribution in [3.05, 3.63) is 65.6 Å². The molecule has 0 radical (unpaired) electrons. The van der Waals surface area contributed by atoms with E-state index in [0.29, 0.717) is 18.3 Å². The smallest absolute Gasteiger partial charge is 0.252 e. The summed E-state index contributed by atoms with van der Waals surface area (Å²) in [6.07, 6.45) is 5.25. The Kier molecular flexibility index (Phi) is 8.24. The third-order valence-electron chi connectivity index (χ3n) is 4.59. The van der Waals surface area contributed by atoms with Gasteiger partial charge < -0.3 is 9.47 Å². The van der Waals surface area contributed by atoms with Crippen LogP contribution in [0.4, 0.5) is 5.13 Å². The highest BCUT2D eigenvalue weighted by atomic mass is 32.1. The number of amides is 1. The molecule has 0 aliphatic heterocycles. The van der Waals surface area contributed by atoms with Crippen LogP contribution >= 0.6 is 11.3 Å². The molecule has 31 heavy (non-hydrogen) atoms. The van der Waals surface area contributed by atoms with Crippen molar-refractivity contribution in [3.63, 3.8) is 0 Å². The Morgan fingerprint density at radius 1 is 1.03 bits per heavy atom. The van der Waals surface area contributed by atoms with Gasteiger partial charge in [0.05, 0.1) is 19.4 Å². The van der Waals surface area contributed by atoms with Crippen LogP contribution in [0, 0.1) is 0 Å². The van der Waals surface area contributed by atoms with Gasteiger partial charge in [-0.15, -0.1) is 11.3 Å². The predicted octanol–water partition coefficient (Wildman–Crippen LogP) is 6.06. The van der Waals surface area contributed by atoms with Crippen molar-refractivity contribution < 1.29 is 14.3 Å². The molecule has 0 atom stereocenters. The maximum absolute atomic E-state index is 12.9. The van der Waals surface area contributed by atoms with E-state index >= 15 is 0 Å². The zero-order valence-electron chi connectivity index (χ0n) is 18.2. The lowest BCUT2D eigenvalue weighted by atomic mass is 10.2. The first-order valence-corrected chi connectivity index (χ1v) is 11.3. The maximum Gasteiger partial charge on any atom is 0.252 e. The van der Waals surface area contributed by atoms with Crippen LogP contribution in [0.5, 0.6) is 11.5 Å². The van der Waals surface area contributed by atoms with Crippen molar-refractivity contribution >= 4 is 28.5 Å². The van der Waals surface area contributed by atoms with E-state index in [2.05, 4.69) is 13.8 Å². The van der Waals surface area contributed by atoms with Crippen molar-refractivity contribution in [1.82, 2.24) is 4.98 Å². The molecule has 1 aromatic heterocycles. The van der Waals surface area contributed by atoms with Gasteiger partial charge in [0.15, 0.2) is 5.13 Å². The number of hydrogen-bond donors (Lipinski definition) is 0. The molecule has 0 N–H and O–H groups in total. The second kappa shape index (κ2) is 11.3. The highest BCUT2D eigenvalue weighted by Gasteiger charge is 2.17. The normalized spacial score (nSPS) is 10.9. The highest BCUT2D eigenvalue weighted by molar-refractivity contribution is 7.14.